The first kappa shape index (κ1) is 12.1. The van der Waals surface area contributed by atoms with Crippen molar-refractivity contribution in [2.75, 3.05) is 0 Å². The van der Waals surface area contributed by atoms with Gasteiger partial charge in [-0.2, -0.15) is 5.26 Å². The lowest BCUT2D eigenvalue weighted by molar-refractivity contribution is 1.27. The largest absolute Gasteiger partial charge is 0.256 e. The molecular formula is C16H13N2. The number of hydrogen-bond donors (Lipinski definition) is 0. The lowest BCUT2D eigenvalue weighted by atomic mass is 10.1. The Bertz CT molecular complexity index is 592. The smallest absolute Gasteiger partial charge is 0.101 e. The van der Waals surface area contributed by atoms with E-state index in [0.29, 0.717) is 11.3 Å². The Balaban J connectivity index is 2.39. The number of nitrogens with zero attached hydrogens (tertiary/aromatic N) is 2. The van der Waals surface area contributed by atoms with Gasteiger partial charge >= 0.3 is 0 Å². The Kier molecular flexibility index (Phi) is 3.88. The van der Waals surface area contributed by atoms with Crippen LogP contribution in [-0.4, -0.2) is 4.98 Å². The maximum absolute atomic E-state index is 9.20. The summed E-state index contributed by atoms with van der Waals surface area (Å²) >= 11 is 0. The fourth-order valence-corrected chi connectivity index (χ4v) is 1.69. The van der Waals surface area contributed by atoms with Gasteiger partial charge in [0.25, 0.3) is 0 Å². The predicted octanol–water partition coefficient (Wildman–Crippen LogP) is 3.52. The summed E-state index contributed by atoms with van der Waals surface area (Å²) in [6, 6.07) is 15.7. The zero-order valence-corrected chi connectivity index (χ0v) is 10.0. The Hall–Kier alpha value is -2.40. The lowest BCUT2D eigenvalue weighted by Crippen LogP contribution is -1.87. The molecule has 1 heterocycles. The van der Waals surface area contributed by atoms with Gasteiger partial charge in [0.2, 0.25) is 0 Å². The van der Waals surface area contributed by atoms with Crippen LogP contribution in [0.4, 0.5) is 0 Å². The molecular weight excluding hydrogens is 220 g/mol. The summed E-state index contributed by atoms with van der Waals surface area (Å²) in [5.41, 5.74) is 3.41. The summed E-state index contributed by atoms with van der Waals surface area (Å²) < 4.78 is 0. The zero-order valence-electron chi connectivity index (χ0n) is 10.0. The second-order valence-electron chi connectivity index (χ2n) is 3.88. The predicted molar refractivity (Wildman–Crippen MR) is 73.2 cm³/mol. The highest BCUT2D eigenvalue weighted by atomic mass is 14.7. The van der Waals surface area contributed by atoms with Crippen LogP contribution in [-0.2, 0) is 6.42 Å². The molecule has 18 heavy (non-hydrogen) atoms. The number of aromatic nitrogens is 1. The maximum atomic E-state index is 9.20. The molecule has 0 bridgehead atoms. The van der Waals surface area contributed by atoms with Crippen molar-refractivity contribution in [3.63, 3.8) is 0 Å². The first-order chi connectivity index (χ1) is 8.83. The van der Waals surface area contributed by atoms with Crippen LogP contribution < -0.4 is 0 Å². The summed E-state index contributed by atoms with van der Waals surface area (Å²) in [6.45, 7) is 3.86. The van der Waals surface area contributed by atoms with Crippen LogP contribution in [0.25, 0.3) is 11.6 Å². The number of hydrogen-bond acceptors (Lipinski definition) is 2. The first-order valence-corrected chi connectivity index (χ1v) is 5.75. The van der Waals surface area contributed by atoms with E-state index in [-0.39, 0.29) is 0 Å². The van der Waals surface area contributed by atoms with Crippen molar-refractivity contribution < 1.29 is 0 Å². The Morgan fingerprint density at radius 1 is 1.28 bits per heavy atom. The molecule has 2 heteroatoms. The van der Waals surface area contributed by atoms with Crippen molar-refractivity contribution in [2.45, 2.75) is 6.42 Å². The average Bonchev–Trinajstić information content (AvgIpc) is 2.46. The minimum atomic E-state index is 0.566. The van der Waals surface area contributed by atoms with E-state index < -0.39 is 0 Å². The molecule has 0 atom stereocenters. The standard InChI is InChI=1S/C16H13N2/c1-2-13-6-5-7-14(10-13)11-15(12-17)16-8-3-4-9-18-16/h3-11H,1-2H2/b15-11+. The second kappa shape index (κ2) is 5.79. The fraction of sp³-hybridized carbons (Fsp3) is 0.0625. The van der Waals surface area contributed by atoms with E-state index in [9.17, 15) is 5.26 Å². The fourth-order valence-electron chi connectivity index (χ4n) is 1.69. The quantitative estimate of drug-likeness (QED) is 0.760. The van der Waals surface area contributed by atoms with Crippen molar-refractivity contribution in [1.29, 1.82) is 5.26 Å². The molecule has 1 radical (unpaired) electrons. The summed E-state index contributed by atoms with van der Waals surface area (Å²) in [5, 5.41) is 9.20. The highest BCUT2D eigenvalue weighted by Gasteiger charge is 2.01. The van der Waals surface area contributed by atoms with Crippen LogP contribution in [0.5, 0.6) is 0 Å². The molecule has 0 amide bonds. The van der Waals surface area contributed by atoms with Crippen LogP contribution in [0.1, 0.15) is 16.8 Å². The average molecular weight is 233 g/mol. The Morgan fingerprint density at radius 3 is 2.83 bits per heavy atom. The second-order valence-corrected chi connectivity index (χ2v) is 3.88. The van der Waals surface area contributed by atoms with Crippen molar-refractivity contribution in [1.82, 2.24) is 4.98 Å². The highest BCUT2D eigenvalue weighted by Crippen LogP contribution is 2.16. The van der Waals surface area contributed by atoms with Crippen LogP contribution in [0.15, 0.2) is 48.7 Å². The van der Waals surface area contributed by atoms with E-state index in [1.54, 1.807) is 6.20 Å². The van der Waals surface area contributed by atoms with Gasteiger partial charge in [-0.1, -0.05) is 30.3 Å². The molecule has 2 nitrogen and oxygen atoms in total. The topological polar surface area (TPSA) is 36.7 Å². The normalized spacial score (nSPS) is 11.0. The lowest BCUT2D eigenvalue weighted by Gasteiger charge is -2.00. The van der Waals surface area contributed by atoms with Gasteiger partial charge < -0.3 is 0 Å². The van der Waals surface area contributed by atoms with E-state index in [1.165, 1.54) is 0 Å². The molecule has 0 aliphatic rings. The molecule has 0 aliphatic heterocycles. The molecule has 1 aromatic heterocycles. The first-order valence-electron chi connectivity index (χ1n) is 5.75. The molecule has 1 aromatic carbocycles. The minimum Gasteiger partial charge on any atom is -0.256 e. The van der Waals surface area contributed by atoms with E-state index in [0.717, 1.165) is 17.5 Å². The molecule has 0 aliphatic carbocycles. The Labute approximate surface area is 107 Å². The van der Waals surface area contributed by atoms with Gasteiger partial charge in [0.1, 0.15) is 6.07 Å². The summed E-state index contributed by atoms with van der Waals surface area (Å²) in [5.74, 6) is 0. The third-order valence-corrected chi connectivity index (χ3v) is 2.61. The summed E-state index contributed by atoms with van der Waals surface area (Å²) in [4.78, 5) is 4.19. The number of benzene rings is 1. The van der Waals surface area contributed by atoms with Crippen molar-refractivity contribution in [3.05, 3.63) is 72.4 Å². The molecule has 87 valence electrons. The molecule has 0 unspecified atom stereocenters. The monoisotopic (exact) mass is 233 g/mol. The molecule has 0 spiro atoms. The van der Waals surface area contributed by atoms with E-state index in [1.807, 2.05) is 48.5 Å². The zero-order chi connectivity index (χ0) is 12.8. The third kappa shape index (κ3) is 2.83. The van der Waals surface area contributed by atoms with Gasteiger partial charge in [-0.3, -0.25) is 4.98 Å². The Morgan fingerprint density at radius 2 is 2.17 bits per heavy atom. The van der Waals surface area contributed by atoms with Gasteiger partial charge in [0, 0.05) is 6.20 Å². The molecule has 0 saturated carbocycles. The number of allylic oxidation sites excluding steroid dienone is 1. The molecule has 0 saturated heterocycles. The molecule has 2 aromatic rings. The van der Waals surface area contributed by atoms with Gasteiger partial charge in [0.05, 0.1) is 11.3 Å². The molecule has 0 fully saturated rings. The number of pyridine rings is 1. The van der Waals surface area contributed by atoms with Gasteiger partial charge in [-0.15, -0.1) is 0 Å². The van der Waals surface area contributed by atoms with Crippen LogP contribution in [0.3, 0.4) is 0 Å². The maximum Gasteiger partial charge on any atom is 0.101 e. The summed E-state index contributed by atoms with van der Waals surface area (Å²) in [6.07, 6.45) is 4.28. The van der Waals surface area contributed by atoms with Crippen LogP contribution >= 0.6 is 0 Å². The van der Waals surface area contributed by atoms with E-state index in [4.69, 9.17) is 0 Å². The minimum absolute atomic E-state index is 0.566. The van der Waals surface area contributed by atoms with E-state index >= 15 is 0 Å². The number of nitriles is 1. The van der Waals surface area contributed by atoms with Gasteiger partial charge in [0.15, 0.2) is 0 Å². The van der Waals surface area contributed by atoms with Gasteiger partial charge in [-0.25, -0.2) is 0 Å². The van der Waals surface area contributed by atoms with Crippen molar-refractivity contribution in [3.8, 4) is 6.07 Å². The summed E-state index contributed by atoms with van der Waals surface area (Å²) in [7, 11) is 0. The molecule has 2 rings (SSSR count). The number of rotatable bonds is 3. The van der Waals surface area contributed by atoms with Crippen LogP contribution in [0, 0.1) is 18.3 Å². The third-order valence-electron chi connectivity index (χ3n) is 2.61. The molecule has 0 N–H and O–H groups in total. The van der Waals surface area contributed by atoms with Gasteiger partial charge in [-0.05, 0) is 42.7 Å². The van der Waals surface area contributed by atoms with Crippen molar-refractivity contribution >= 4 is 11.6 Å². The highest BCUT2D eigenvalue weighted by molar-refractivity contribution is 5.88. The SMILES string of the molecule is [CH2]Cc1cccc(/C=C(\C#N)c2ccccn2)c1. The van der Waals surface area contributed by atoms with Crippen LogP contribution in [0.2, 0.25) is 0 Å². The van der Waals surface area contributed by atoms with Crippen molar-refractivity contribution in [2.24, 2.45) is 0 Å². The van der Waals surface area contributed by atoms with E-state index in [2.05, 4.69) is 18.0 Å².